The van der Waals surface area contributed by atoms with Gasteiger partial charge in [-0.15, -0.1) is 0 Å². The summed E-state index contributed by atoms with van der Waals surface area (Å²) >= 11 is 0. The first-order valence-electron chi connectivity index (χ1n) is 4.72. The maximum Gasteiger partial charge on any atom is -0.00724 e. The highest BCUT2D eigenvalue weighted by molar-refractivity contribution is 5.37. The second-order valence-electron chi connectivity index (χ2n) is 3.99. The van der Waals surface area contributed by atoms with Crippen molar-refractivity contribution in [2.45, 2.75) is 34.1 Å². The van der Waals surface area contributed by atoms with E-state index in [-0.39, 0.29) is 0 Å². The predicted molar refractivity (Wildman–Crippen MR) is 59.2 cm³/mol. The molecule has 0 saturated heterocycles. The zero-order chi connectivity index (χ0) is 10.0. The van der Waals surface area contributed by atoms with Crippen LogP contribution in [0, 0.1) is 20.8 Å². The molecule has 0 bridgehead atoms. The third-order valence-electron chi connectivity index (χ3n) is 2.49. The van der Waals surface area contributed by atoms with E-state index in [2.05, 4.69) is 46.4 Å². The first-order chi connectivity index (χ1) is 6.00. The van der Waals surface area contributed by atoms with Gasteiger partial charge in [0.05, 0.1) is 0 Å². The molecule has 0 aliphatic rings. The molecular formula is C13H18. The van der Waals surface area contributed by atoms with Crippen LogP contribution in [0.4, 0.5) is 0 Å². The van der Waals surface area contributed by atoms with Crippen molar-refractivity contribution < 1.29 is 0 Å². The molecule has 0 nitrogen and oxygen atoms in total. The highest BCUT2D eigenvalue weighted by Crippen LogP contribution is 2.17. The van der Waals surface area contributed by atoms with Gasteiger partial charge in [0.1, 0.15) is 0 Å². The van der Waals surface area contributed by atoms with Crippen molar-refractivity contribution in [1.82, 2.24) is 0 Å². The van der Waals surface area contributed by atoms with Crippen molar-refractivity contribution in [3.8, 4) is 0 Å². The maximum absolute atomic E-state index is 3.93. The van der Waals surface area contributed by atoms with Crippen LogP contribution in [-0.4, -0.2) is 0 Å². The van der Waals surface area contributed by atoms with Crippen molar-refractivity contribution in [3.63, 3.8) is 0 Å². The summed E-state index contributed by atoms with van der Waals surface area (Å²) in [6.07, 6.45) is 1.00. The number of aryl methyl sites for hydroxylation is 2. The van der Waals surface area contributed by atoms with Gasteiger partial charge >= 0.3 is 0 Å². The van der Waals surface area contributed by atoms with Crippen LogP contribution >= 0.6 is 0 Å². The average molecular weight is 174 g/mol. The SMILES string of the molecule is C=C(C)Cc1cc(C)c(C)c(C)c1. The summed E-state index contributed by atoms with van der Waals surface area (Å²) in [4.78, 5) is 0. The van der Waals surface area contributed by atoms with Crippen molar-refractivity contribution in [1.29, 1.82) is 0 Å². The standard InChI is InChI=1S/C13H18/c1-9(2)6-13-7-10(3)12(5)11(4)8-13/h7-8H,1,6H2,2-5H3. The lowest BCUT2D eigenvalue weighted by molar-refractivity contribution is 1.12. The monoisotopic (exact) mass is 174 g/mol. The minimum absolute atomic E-state index is 1.00. The van der Waals surface area contributed by atoms with Crippen molar-refractivity contribution in [2.75, 3.05) is 0 Å². The Kier molecular flexibility index (Phi) is 2.92. The van der Waals surface area contributed by atoms with E-state index in [1.54, 1.807) is 0 Å². The van der Waals surface area contributed by atoms with Crippen LogP contribution in [0.1, 0.15) is 29.2 Å². The molecule has 1 aromatic rings. The van der Waals surface area contributed by atoms with Crippen LogP contribution in [0.15, 0.2) is 24.3 Å². The minimum Gasteiger partial charge on any atom is -0.0998 e. The van der Waals surface area contributed by atoms with Crippen LogP contribution < -0.4 is 0 Å². The topological polar surface area (TPSA) is 0 Å². The van der Waals surface area contributed by atoms with Gasteiger partial charge < -0.3 is 0 Å². The number of hydrogen-bond donors (Lipinski definition) is 0. The molecule has 13 heavy (non-hydrogen) atoms. The lowest BCUT2D eigenvalue weighted by Gasteiger charge is -2.08. The maximum atomic E-state index is 3.93. The van der Waals surface area contributed by atoms with Crippen LogP contribution in [0.2, 0.25) is 0 Å². The Morgan fingerprint density at radius 3 is 2.00 bits per heavy atom. The highest BCUT2D eigenvalue weighted by atomic mass is 14.1. The van der Waals surface area contributed by atoms with Crippen LogP contribution in [0.5, 0.6) is 0 Å². The molecule has 0 atom stereocenters. The Hall–Kier alpha value is -1.04. The summed E-state index contributed by atoms with van der Waals surface area (Å²) in [5, 5.41) is 0. The smallest absolute Gasteiger partial charge is 0.00724 e. The third-order valence-corrected chi connectivity index (χ3v) is 2.49. The molecule has 0 fully saturated rings. The van der Waals surface area contributed by atoms with Crippen LogP contribution in [0.25, 0.3) is 0 Å². The van der Waals surface area contributed by atoms with Gasteiger partial charge in [0.2, 0.25) is 0 Å². The average Bonchev–Trinajstić information content (AvgIpc) is 1.98. The Morgan fingerprint density at radius 2 is 1.62 bits per heavy atom. The van der Waals surface area contributed by atoms with E-state index in [0.29, 0.717) is 0 Å². The number of hydrogen-bond acceptors (Lipinski definition) is 0. The van der Waals surface area contributed by atoms with Gasteiger partial charge in [-0.25, -0.2) is 0 Å². The molecule has 0 radical (unpaired) electrons. The molecule has 1 rings (SSSR count). The Labute approximate surface area is 81.3 Å². The fourth-order valence-electron chi connectivity index (χ4n) is 1.58. The second kappa shape index (κ2) is 3.78. The van der Waals surface area contributed by atoms with E-state index in [1.165, 1.54) is 27.8 Å². The number of allylic oxidation sites excluding steroid dienone is 1. The van der Waals surface area contributed by atoms with Gasteiger partial charge in [-0.1, -0.05) is 24.3 Å². The Bertz CT molecular complexity index is 309. The number of benzene rings is 1. The molecule has 0 aliphatic heterocycles. The molecule has 70 valence electrons. The normalized spacial score (nSPS) is 10.2. The molecule has 0 aliphatic carbocycles. The molecular weight excluding hydrogens is 156 g/mol. The fourth-order valence-corrected chi connectivity index (χ4v) is 1.58. The zero-order valence-corrected chi connectivity index (χ0v) is 9.07. The first kappa shape index (κ1) is 10.0. The lowest BCUT2D eigenvalue weighted by atomic mass is 9.97. The van der Waals surface area contributed by atoms with Gasteiger partial charge in [-0.3, -0.25) is 0 Å². The van der Waals surface area contributed by atoms with Gasteiger partial charge in [0.15, 0.2) is 0 Å². The molecule has 0 unspecified atom stereocenters. The van der Waals surface area contributed by atoms with E-state index in [1.807, 2.05) is 0 Å². The van der Waals surface area contributed by atoms with E-state index in [0.717, 1.165) is 6.42 Å². The van der Waals surface area contributed by atoms with Gasteiger partial charge in [-0.05, 0) is 56.4 Å². The fraction of sp³-hybridized carbons (Fsp3) is 0.385. The van der Waals surface area contributed by atoms with Crippen molar-refractivity contribution >= 4 is 0 Å². The quantitative estimate of drug-likeness (QED) is 0.599. The van der Waals surface area contributed by atoms with Crippen LogP contribution in [-0.2, 0) is 6.42 Å². The molecule has 0 heteroatoms. The molecule has 0 saturated carbocycles. The summed E-state index contributed by atoms with van der Waals surface area (Å²) in [5.74, 6) is 0. The first-order valence-corrected chi connectivity index (χ1v) is 4.72. The lowest BCUT2D eigenvalue weighted by Crippen LogP contribution is -1.92. The Morgan fingerprint density at radius 1 is 1.15 bits per heavy atom. The molecule has 0 aromatic heterocycles. The van der Waals surface area contributed by atoms with Crippen LogP contribution in [0.3, 0.4) is 0 Å². The van der Waals surface area contributed by atoms with Crippen molar-refractivity contribution in [3.05, 3.63) is 46.5 Å². The molecule has 0 spiro atoms. The second-order valence-corrected chi connectivity index (χ2v) is 3.99. The van der Waals surface area contributed by atoms with Gasteiger partial charge in [-0.2, -0.15) is 0 Å². The van der Waals surface area contributed by atoms with E-state index in [9.17, 15) is 0 Å². The molecule has 0 amide bonds. The minimum atomic E-state index is 1.00. The number of rotatable bonds is 2. The molecule has 0 heterocycles. The van der Waals surface area contributed by atoms with E-state index in [4.69, 9.17) is 0 Å². The summed E-state index contributed by atoms with van der Waals surface area (Å²) in [6, 6.07) is 4.52. The highest BCUT2D eigenvalue weighted by Gasteiger charge is 2.00. The predicted octanol–water partition coefficient (Wildman–Crippen LogP) is 3.73. The zero-order valence-electron chi connectivity index (χ0n) is 9.07. The summed E-state index contributed by atoms with van der Waals surface area (Å²) in [5.41, 5.74) is 6.79. The third kappa shape index (κ3) is 2.45. The summed E-state index contributed by atoms with van der Waals surface area (Å²) in [6.45, 7) is 12.5. The largest absolute Gasteiger partial charge is 0.0998 e. The van der Waals surface area contributed by atoms with E-state index >= 15 is 0 Å². The van der Waals surface area contributed by atoms with E-state index < -0.39 is 0 Å². The van der Waals surface area contributed by atoms with Gasteiger partial charge in [0.25, 0.3) is 0 Å². The summed E-state index contributed by atoms with van der Waals surface area (Å²) in [7, 11) is 0. The molecule has 0 N–H and O–H groups in total. The Balaban J connectivity index is 3.06. The summed E-state index contributed by atoms with van der Waals surface area (Å²) < 4.78 is 0. The molecule has 1 aromatic carbocycles. The van der Waals surface area contributed by atoms with Gasteiger partial charge in [0, 0.05) is 0 Å². The van der Waals surface area contributed by atoms with Crippen molar-refractivity contribution in [2.24, 2.45) is 0 Å².